The Balaban J connectivity index is 3.41. The molecule has 0 atom stereocenters. The van der Waals surface area contributed by atoms with Crippen LogP contribution in [0.3, 0.4) is 0 Å². The highest BCUT2D eigenvalue weighted by molar-refractivity contribution is 6.68. The molecule has 0 aliphatic heterocycles. The summed E-state index contributed by atoms with van der Waals surface area (Å²) in [6.07, 6.45) is -1.46. The van der Waals surface area contributed by atoms with E-state index in [-0.39, 0.29) is 16.8 Å². The maximum atomic E-state index is 12.4. The predicted molar refractivity (Wildman–Crippen MR) is 48.9 cm³/mol. The second kappa shape index (κ2) is 4.00. The summed E-state index contributed by atoms with van der Waals surface area (Å²) < 4.78 is 24.8. The van der Waals surface area contributed by atoms with Crippen LogP contribution in [0.2, 0.25) is 0 Å². The lowest BCUT2D eigenvalue weighted by atomic mass is 10.0. The van der Waals surface area contributed by atoms with Crippen molar-refractivity contribution in [3.8, 4) is 0 Å². The minimum Gasteiger partial charge on any atom is -0.276 e. The fourth-order valence-corrected chi connectivity index (χ4v) is 1.56. The van der Waals surface area contributed by atoms with Gasteiger partial charge in [-0.05, 0) is 36.6 Å². The molecule has 0 aliphatic carbocycles. The van der Waals surface area contributed by atoms with E-state index in [2.05, 4.69) is 4.98 Å². The van der Waals surface area contributed by atoms with Crippen molar-refractivity contribution in [2.75, 3.05) is 0 Å². The molecule has 1 aromatic heterocycles. The van der Waals surface area contributed by atoms with Gasteiger partial charge in [-0.3, -0.25) is 9.78 Å². The minimum atomic E-state index is -2.69. The summed E-state index contributed by atoms with van der Waals surface area (Å²) in [4.78, 5) is 14.5. The van der Waals surface area contributed by atoms with Crippen LogP contribution >= 0.6 is 11.6 Å². The molecule has 0 bridgehead atoms. The predicted octanol–water partition coefficient (Wildman–Crippen LogP) is 3.02. The first-order valence-corrected chi connectivity index (χ1v) is 4.27. The molecule has 0 unspecified atom stereocenters. The van der Waals surface area contributed by atoms with Crippen molar-refractivity contribution in [1.82, 2.24) is 4.98 Å². The monoisotopic (exact) mass is 219 g/mol. The van der Waals surface area contributed by atoms with Gasteiger partial charge in [0.1, 0.15) is 5.69 Å². The fraction of sp³-hybridized carbons (Fsp3) is 0.333. The zero-order valence-electron chi connectivity index (χ0n) is 7.64. The summed E-state index contributed by atoms with van der Waals surface area (Å²) >= 11 is 5.28. The molecule has 0 amide bonds. The smallest absolute Gasteiger partial charge is 0.276 e. The van der Waals surface area contributed by atoms with Crippen LogP contribution in [0.15, 0.2) is 6.20 Å². The molecule has 1 heterocycles. The van der Waals surface area contributed by atoms with Crippen molar-refractivity contribution in [2.45, 2.75) is 20.3 Å². The van der Waals surface area contributed by atoms with E-state index in [1.165, 1.54) is 13.1 Å². The van der Waals surface area contributed by atoms with E-state index in [0.29, 0.717) is 5.56 Å². The third-order valence-electron chi connectivity index (χ3n) is 1.95. The van der Waals surface area contributed by atoms with Crippen molar-refractivity contribution >= 4 is 16.8 Å². The van der Waals surface area contributed by atoms with Crippen LogP contribution in [0.4, 0.5) is 8.78 Å². The first kappa shape index (κ1) is 11.0. The number of aromatic nitrogens is 1. The Morgan fingerprint density at radius 1 is 1.50 bits per heavy atom. The van der Waals surface area contributed by atoms with Crippen LogP contribution in [-0.4, -0.2) is 10.2 Å². The number of carbonyl (C=O) groups excluding carboxylic acids is 1. The van der Waals surface area contributed by atoms with Crippen molar-refractivity contribution in [2.24, 2.45) is 0 Å². The molecular formula is C9H8ClF2NO. The highest BCUT2D eigenvalue weighted by atomic mass is 35.5. The van der Waals surface area contributed by atoms with Gasteiger partial charge in [0.05, 0.1) is 0 Å². The molecule has 1 aromatic rings. The van der Waals surface area contributed by atoms with Gasteiger partial charge in [0.2, 0.25) is 0 Å². The molecule has 76 valence electrons. The zero-order chi connectivity index (χ0) is 10.9. The molecule has 0 radical (unpaired) electrons. The minimum absolute atomic E-state index is 0.122. The molecule has 0 fully saturated rings. The third kappa shape index (κ3) is 1.90. The van der Waals surface area contributed by atoms with E-state index in [9.17, 15) is 13.6 Å². The van der Waals surface area contributed by atoms with E-state index >= 15 is 0 Å². The first-order valence-electron chi connectivity index (χ1n) is 3.89. The van der Waals surface area contributed by atoms with Gasteiger partial charge in [-0.25, -0.2) is 8.78 Å². The largest absolute Gasteiger partial charge is 0.280 e. The number of nitrogens with zero attached hydrogens (tertiary/aromatic N) is 1. The summed E-state index contributed by atoms with van der Waals surface area (Å²) in [5, 5.41) is -0.732. The SMILES string of the molecule is Cc1cnc(C(F)F)c(C)c1C(=O)Cl. The van der Waals surface area contributed by atoms with Crippen molar-refractivity contribution in [3.63, 3.8) is 0 Å². The molecule has 2 nitrogen and oxygen atoms in total. The molecular weight excluding hydrogens is 212 g/mol. The highest BCUT2D eigenvalue weighted by Crippen LogP contribution is 2.25. The van der Waals surface area contributed by atoms with E-state index in [4.69, 9.17) is 11.6 Å². The van der Waals surface area contributed by atoms with Gasteiger partial charge in [0, 0.05) is 11.8 Å². The van der Waals surface area contributed by atoms with Crippen LogP contribution in [0, 0.1) is 13.8 Å². The topological polar surface area (TPSA) is 30.0 Å². The van der Waals surface area contributed by atoms with Crippen molar-refractivity contribution in [3.05, 3.63) is 28.6 Å². The molecule has 0 saturated carbocycles. The van der Waals surface area contributed by atoms with Crippen LogP contribution in [-0.2, 0) is 0 Å². The molecule has 14 heavy (non-hydrogen) atoms. The Morgan fingerprint density at radius 3 is 2.50 bits per heavy atom. The number of aryl methyl sites for hydroxylation is 1. The van der Waals surface area contributed by atoms with Crippen molar-refractivity contribution in [1.29, 1.82) is 0 Å². The Labute approximate surface area is 84.9 Å². The first-order chi connectivity index (χ1) is 6.45. The second-order valence-electron chi connectivity index (χ2n) is 2.90. The summed E-state index contributed by atoms with van der Waals surface area (Å²) in [5.41, 5.74) is 0.392. The molecule has 0 spiro atoms. The van der Waals surface area contributed by atoms with Crippen molar-refractivity contribution < 1.29 is 13.6 Å². The lowest BCUT2D eigenvalue weighted by molar-refractivity contribution is 0.107. The maximum Gasteiger partial charge on any atom is 0.280 e. The standard InChI is InChI=1S/C9H8ClF2NO/c1-4-3-13-7(9(11)12)5(2)6(4)8(10)14/h3,9H,1-2H3. The Morgan fingerprint density at radius 2 is 2.07 bits per heavy atom. The van der Waals surface area contributed by atoms with Crippen LogP contribution in [0.25, 0.3) is 0 Å². The van der Waals surface area contributed by atoms with Crippen LogP contribution in [0.1, 0.15) is 33.6 Å². The van der Waals surface area contributed by atoms with Gasteiger partial charge in [-0.15, -0.1) is 0 Å². The summed E-state index contributed by atoms with van der Waals surface area (Å²) in [7, 11) is 0. The second-order valence-corrected chi connectivity index (χ2v) is 3.24. The number of halogens is 3. The molecule has 0 aromatic carbocycles. The van der Waals surface area contributed by atoms with E-state index in [0.717, 1.165) is 0 Å². The van der Waals surface area contributed by atoms with Gasteiger partial charge in [0.25, 0.3) is 11.7 Å². The summed E-state index contributed by atoms with van der Waals surface area (Å²) in [5.74, 6) is 0. The average Bonchev–Trinajstić information content (AvgIpc) is 2.02. The molecule has 0 aliphatic rings. The Hall–Kier alpha value is -1.03. The number of pyridine rings is 1. The number of hydrogen-bond donors (Lipinski definition) is 0. The quantitative estimate of drug-likeness (QED) is 0.716. The fourth-order valence-electron chi connectivity index (χ4n) is 1.27. The van der Waals surface area contributed by atoms with E-state index in [1.54, 1.807) is 6.92 Å². The van der Waals surface area contributed by atoms with Gasteiger partial charge in [0.15, 0.2) is 0 Å². The van der Waals surface area contributed by atoms with Gasteiger partial charge < -0.3 is 0 Å². The number of carbonyl (C=O) groups is 1. The van der Waals surface area contributed by atoms with E-state index < -0.39 is 11.7 Å². The Bertz CT molecular complexity index is 379. The van der Waals surface area contributed by atoms with Crippen LogP contribution in [0.5, 0.6) is 0 Å². The number of rotatable bonds is 2. The van der Waals surface area contributed by atoms with Crippen LogP contribution < -0.4 is 0 Å². The molecule has 0 saturated heterocycles. The molecule has 5 heteroatoms. The third-order valence-corrected chi connectivity index (χ3v) is 2.14. The molecule has 1 rings (SSSR count). The van der Waals surface area contributed by atoms with E-state index in [1.807, 2.05) is 0 Å². The summed E-state index contributed by atoms with van der Waals surface area (Å²) in [6.45, 7) is 3.02. The maximum absolute atomic E-state index is 12.4. The van der Waals surface area contributed by atoms with Gasteiger partial charge in [-0.1, -0.05) is 0 Å². The summed E-state index contributed by atoms with van der Waals surface area (Å²) in [6, 6.07) is 0. The van der Waals surface area contributed by atoms with Gasteiger partial charge >= 0.3 is 0 Å². The number of alkyl halides is 2. The lowest BCUT2D eigenvalue weighted by Gasteiger charge is -2.09. The normalized spacial score (nSPS) is 10.7. The molecule has 0 N–H and O–H groups in total. The Kier molecular flexibility index (Phi) is 3.16. The lowest BCUT2D eigenvalue weighted by Crippen LogP contribution is -2.04. The highest BCUT2D eigenvalue weighted by Gasteiger charge is 2.19. The number of hydrogen-bond acceptors (Lipinski definition) is 2. The average molecular weight is 220 g/mol. The van der Waals surface area contributed by atoms with Gasteiger partial charge in [-0.2, -0.15) is 0 Å². The zero-order valence-corrected chi connectivity index (χ0v) is 8.40.